The molecule has 10 heteroatoms. The summed E-state index contributed by atoms with van der Waals surface area (Å²) < 4.78 is 44.9. The molecule has 2 aromatic rings. The molecule has 0 saturated carbocycles. The third kappa shape index (κ3) is 5.03. The molecule has 2 aromatic heterocycles. The fourth-order valence-electron chi connectivity index (χ4n) is 3.41. The van der Waals surface area contributed by atoms with Crippen molar-refractivity contribution in [2.24, 2.45) is 0 Å². The summed E-state index contributed by atoms with van der Waals surface area (Å²) >= 11 is 1.37. The number of anilines is 1. The van der Waals surface area contributed by atoms with E-state index in [0.717, 1.165) is 46.9 Å². The quantitative estimate of drug-likeness (QED) is 0.655. The summed E-state index contributed by atoms with van der Waals surface area (Å²) in [6.45, 7) is 5.03. The third-order valence-corrected chi connectivity index (χ3v) is 6.00. The molecule has 6 nitrogen and oxygen atoms in total. The van der Waals surface area contributed by atoms with E-state index in [2.05, 4.69) is 10.4 Å². The lowest BCUT2D eigenvalue weighted by Gasteiger charge is -2.14. The molecule has 3 rings (SSSR count). The van der Waals surface area contributed by atoms with Crippen LogP contribution in [0, 0.1) is 6.92 Å². The Balaban J connectivity index is 1.73. The first kappa shape index (κ1) is 22.3. The number of thiophene rings is 1. The number of nitrogens with one attached hydrogen (secondary N) is 1. The zero-order valence-corrected chi connectivity index (χ0v) is 17.9. The van der Waals surface area contributed by atoms with Crippen LogP contribution in [-0.2, 0) is 35.1 Å². The van der Waals surface area contributed by atoms with Gasteiger partial charge < -0.3 is 10.1 Å². The summed E-state index contributed by atoms with van der Waals surface area (Å²) in [6, 6.07) is 0.950. The highest BCUT2D eigenvalue weighted by atomic mass is 32.1. The van der Waals surface area contributed by atoms with Crippen LogP contribution in [0.1, 0.15) is 65.3 Å². The van der Waals surface area contributed by atoms with Crippen LogP contribution in [0.15, 0.2) is 6.07 Å². The van der Waals surface area contributed by atoms with E-state index in [0.29, 0.717) is 16.3 Å². The highest BCUT2D eigenvalue weighted by Gasteiger charge is 2.34. The lowest BCUT2D eigenvalue weighted by molar-refractivity contribution is -0.141. The highest BCUT2D eigenvalue weighted by Crippen LogP contribution is 2.39. The minimum Gasteiger partial charge on any atom is -0.459 e. The van der Waals surface area contributed by atoms with Gasteiger partial charge in [0.1, 0.15) is 5.00 Å². The number of hydrogen-bond donors (Lipinski definition) is 1. The Hall–Kier alpha value is -2.36. The zero-order valence-electron chi connectivity index (χ0n) is 17.1. The summed E-state index contributed by atoms with van der Waals surface area (Å²) in [5.41, 5.74) is 0.685. The van der Waals surface area contributed by atoms with Crippen molar-refractivity contribution in [3.8, 4) is 0 Å². The van der Waals surface area contributed by atoms with Gasteiger partial charge in [-0.15, -0.1) is 11.3 Å². The number of ether oxygens (including phenoxy) is 1. The highest BCUT2D eigenvalue weighted by molar-refractivity contribution is 7.17. The fraction of sp³-hybridized carbons (Fsp3) is 0.550. The molecule has 1 N–H and O–H groups in total. The molecule has 0 saturated heterocycles. The van der Waals surface area contributed by atoms with E-state index in [1.165, 1.54) is 18.3 Å². The van der Waals surface area contributed by atoms with Crippen LogP contribution < -0.4 is 5.32 Å². The van der Waals surface area contributed by atoms with E-state index >= 15 is 0 Å². The number of esters is 1. The molecule has 0 bridgehead atoms. The standard InChI is InChI=1S/C20H24F3N3O3S/c1-11(2)29-19(28)17-13-6-4-5-7-14(13)30-18(17)24-16(27)8-9-26-12(3)10-15(25-26)20(21,22)23/h10-11H,4-9H2,1-3H3,(H,24,27). The number of aryl methyl sites for hydroxylation is 3. The number of aromatic nitrogens is 2. The predicted octanol–water partition coefficient (Wildman–Crippen LogP) is 4.74. The van der Waals surface area contributed by atoms with Gasteiger partial charge >= 0.3 is 12.1 Å². The summed E-state index contributed by atoms with van der Waals surface area (Å²) in [6.07, 6.45) is -1.27. The number of alkyl halides is 3. The molecule has 0 aromatic carbocycles. The average Bonchev–Trinajstić information content (AvgIpc) is 3.19. The topological polar surface area (TPSA) is 73.2 Å². The van der Waals surface area contributed by atoms with Crippen LogP contribution in [0.4, 0.5) is 18.2 Å². The van der Waals surface area contributed by atoms with Gasteiger partial charge in [0.15, 0.2) is 5.69 Å². The van der Waals surface area contributed by atoms with Gasteiger partial charge in [-0.25, -0.2) is 4.79 Å². The lowest BCUT2D eigenvalue weighted by atomic mass is 9.95. The Morgan fingerprint density at radius 3 is 2.63 bits per heavy atom. The molecule has 0 spiro atoms. The van der Waals surface area contributed by atoms with Crippen molar-refractivity contribution in [1.29, 1.82) is 0 Å². The molecule has 1 aliphatic rings. The van der Waals surface area contributed by atoms with E-state index < -0.39 is 23.7 Å². The second kappa shape index (κ2) is 8.79. The molecule has 0 radical (unpaired) electrons. The first-order valence-corrected chi connectivity index (χ1v) is 10.6. The summed E-state index contributed by atoms with van der Waals surface area (Å²) in [5, 5.41) is 6.75. The van der Waals surface area contributed by atoms with E-state index in [-0.39, 0.29) is 19.1 Å². The van der Waals surface area contributed by atoms with Crippen LogP contribution in [0.3, 0.4) is 0 Å². The van der Waals surface area contributed by atoms with E-state index in [1.807, 2.05) is 0 Å². The average molecular weight is 443 g/mol. The summed E-state index contributed by atoms with van der Waals surface area (Å²) in [5.74, 6) is -0.854. The largest absolute Gasteiger partial charge is 0.459 e. The van der Waals surface area contributed by atoms with Crippen molar-refractivity contribution in [3.63, 3.8) is 0 Å². The summed E-state index contributed by atoms with van der Waals surface area (Å²) in [7, 11) is 0. The Morgan fingerprint density at radius 2 is 2.00 bits per heavy atom. The number of halogens is 3. The SMILES string of the molecule is Cc1cc(C(F)(F)F)nn1CCC(=O)Nc1sc2c(c1C(=O)OC(C)C)CCCC2. The van der Waals surface area contributed by atoms with Crippen molar-refractivity contribution in [3.05, 3.63) is 33.5 Å². The second-order valence-electron chi connectivity index (χ2n) is 7.56. The molecule has 30 heavy (non-hydrogen) atoms. The Labute approximate surface area is 176 Å². The lowest BCUT2D eigenvalue weighted by Crippen LogP contribution is -2.19. The van der Waals surface area contributed by atoms with Gasteiger partial charge in [0.25, 0.3) is 0 Å². The minimum atomic E-state index is -4.53. The molecule has 1 amide bonds. The molecular formula is C20H24F3N3O3S. The number of carbonyl (C=O) groups excluding carboxylic acids is 2. The maximum absolute atomic E-state index is 12.8. The molecule has 0 atom stereocenters. The number of carbonyl (C=O) groups is 2. The van der Waals surface area contributed by atoms with Gasteiger partial charge in [-0.1, -0.05) is 0 Å². The number of fused-ring (bicyclic) bond motifs is 1. The van der Waals surface area contributed by atoms with Crippen molar-refractivity contribution < 1.29 is 27.5 Å². The maximum atomic E-state index is 12.8. The van der Waals surface area contributed by atoms with Crippen molar-refractivity contribution in [2.45, 2.75) is 71.7 Å². The first-order chi connectivity index (χ1) is 14.1. The van der Waals surface area contributed by atoms with Crippen LogP contribution in [0.5, 0.6) is 0 Å². The normalized spacial score (nSPS) is 14.0. The van der Waals surface area contributed by atoms with Crippen molar-refractivity contribution in [2.75, 3.05) is 5.32 Å². The molecule has 0 fully saturated rings. The third-order valence-electron chi connectivity index (χ3n) is 4.79. The van der Waals surface area contributed by atoms with Gasteiger partial charge in [-0.3, -0.25) is 9.48 Å². The summed E-state index contributed by atoms with van der Waals surface area (Å²) in [4.78, 5) is 26.2. The molecule has 164 valence electrons. The van der Waals surface area contributed by atoms with Gasteiger partial charge in [-0.2, -0.15) is 18.3 Å². The predicted molar refractivity (Wildman–Crippen MR) is 107 cm³/mol. The van der Waals surface area contributed by atoms with E-state index in [1.54, 1.807) is 13.8 Å². The van der Waals surface area contributed by atoms with E-state index in [4.69, 9.17) is 4.74 Å². The molecule has 0 unspecified atom stereocenters. The molecule has 1 aliphatic carbocycles. The van der Waals surface area contributed by atoms with Crippen molar-refractivity contribution >= 4 is 28.2 Å². The smallest absolute Gasteiger partial charge is 0.435 e. The van der Waals surface area contributed by atoms with Gasteiger partial charge in [0.2, 0.25) is 5.91 Å². The van der Waals surface area contributed by atoms with E-state index in [9.17, 15) is 22.8 Å². The Morgan fingerprint density at radius 1 is 1.30 bits per heavy atom. The number of amides is 1. The van der Waals surface area contributed by atoms with Crippen LogP contribution in [0.25, 0.3) is 0 Å². The van der Waals surface area contributed by atoms with Crippen LogP contribution >= 0.6 is 11.3 Å². The number of hydrogen-bond acceptors (Lipinski definition) is 5. The Kier molecular flexibility index (Phi) is 6.54. The Bertz CT molecular complexity index is 947. The van der Waals surface area contributed by atoms with Crippen LogP contribution in [-0.4, -0.2) is 27.8 Å². The van der Waals surface area contributed by atoms with Gasteiger partial charge in [0.05, 0.1) is 11.7 Å². The molecule has 2 heterocycles. The van der Waals surface area contributed by atoms with Crippen molar-refractivity contribution in [1.82, 2.24) is 9.78 Å². The van der Waals surface area contributed by atoms with Gasteiger partial charge in [-0.05, 0) is 58.1 Å². The fourth-order valence-corrected chi connectivity index (χ4v) is 4.71. The number of nitrogens with zero attached hydrogens (tertiary/aromatic N) is 2. The second-order valence-corrected chi connectivity index (χ2v) is 8.66. The molecular weight excluding hydrogens is 419 g/mol. The molecule has 0 aliphatic heterocycles. The number of rotatable bonds is 6. The van der Waals surface area contributed by atoms with Crippen LogP contribution in [0.2, 0.25) is 0 Å². The monoisotopic (exact) mass is 443 g/mol. The minimum absolute atomic E-state index is 0.00457. The van der Waals surface area contributed by atoms with Gasteiger partial charge in [0, 0.05) is 23.5 Å². The zero-order chi connectivity index (χ0) is 22.1. The maximum Gasteiger partial charge on any atom is 0.435 e. The first-order valence-electron chi connectivity index (χ1n) is 9.83.